The molecule has 5 heteroatoms. The Morgan fingerprint density at radius 3 is 2.63 bits per heavy atom. The second kappa shape index (κ2) is 5.48. The molecule has 0 aliphatic carbocycles. The summed E-state index contributed by atoms with van der Waals surface area (Å²) in [5.41, 5.74) is 1.30. The molecule has 0 aliphatic heterocycles. The number of benzene rings is 2. The molecule has 1 amide bonds. The zero-order valence-electron chi connectivity index (χ0n) is 10.1. The Labute approximate surface area is 124 Å². The number of phenols is 2. The van der Waals surface area contributed by atoms with Crippen LogP contribution in [0.5, 0.6) is 11.5 Å². The molecule has 0 saturated heterocycles. The van der Waals surface area contributed by atoms with Crippen molar-refractivity contribution >= 4 is 34.2 Å². The number of aromatic hydroxyl groups is 2. The SMILES string of the molecule is Cc1c(O)cccc1NC(=O)c1cc(I)ccc1O. The van der Waals surface area contributed by atoms with E-state index in [0.29, 0.717) is 11.3 Å². The summed E-state index contributed by atoms with van der Waals surface area (Å²) in [5.74, 6) is -0.370. The molecule has 0 heterocycles. The van der Waals surface area contributed by atoms with Gasteiger partial charge in [0, 0.05) is 14.8 Å². The molecule has 2 aromatic carbocycles. The van der Waals surface area contributed by atoms with Gasteiger partial charge in [-0.1, -0.05) is 6.07 Å². The van der Waals surface area contributed by atoms with Crippen LogP contribution in [0.15, 0.2) is 36.4 Å². The van der Waals surface area contributed by atoms with E-state index in [2.05, 4.69) is 27.9 Å². The van der Waals surface area contributed by atoms with Gasteiger partial charge in [-0.3, -0.25) is 4.79 Å². The highest BCUT2D eigenvalue weighted by atomic mass is 127. The number of nitrogens with one attached hydrogen (secondary N) is 1. The average molecular weight is 369 g/mol. The predicted octanol–water partition coefficient (Wildman–Crippen LogP) is 3.26. The number of halogens is 1. The van der Waals surface area contributed by atoms with Gasteiger partial charge in [-0.2, -0.15) is 0 Å². The highest BCUT2D eigenvalue weighted by Gasteiger charge is 2.13. The summed E-state index contributed by atoms with van der Waals surface area (Å²) in [5, 5.41) is 21.9. The highest BCUT2D eigenvalue weighted by Crippen LogP contribution is 2.26. The number of hydrogen-bond acceptors (Lipinski definition) is 3. The van der Waals surface area contributed by atoms with E-state index in [4.69, 9.17) is 0 Å². The van der Waals surface area contributed by atoms with Crippen molar-refractivity contribution in [3.63, 3.8) is 0 Å². The molecule has 0 atom stereocenters. The van der Waals surface area contributed by atoms with Gasteiger partial charge in [-0.25, -0.2) is 0 Å². The van der Waals surface area contributed by atoms with Crippen molar-refractivity contribution in [2.75, 3.05) is 5.32 Å². The van der Waals surface area contributed by atoms with E-state index in [9.17, 15) is 15.0 Å². The van der Waals surface area contributed by atoms with Crippen LogP contribution in [0.25, 0.3) is 0 Å². The van der Waals surface area contributed by atoms with Gasteiger partial charge < -0.3 is 15.5 Å². The number of carbonyl (C=O) groups excluding carboxylic acids is 1. The molecule has 0 fully saturated rings. The largest absolute Gasteiger partial charge is 0.508 e. The third-order valence-electron chi connectivity index (χ3n) is 2.76. The molecule has 0 aromatic heterocycles. The molecule has 2 rings (SSSR count). The van der Waals surface area contributed by atoms with Gasteiger partial charge in [0.25, 0.3) is 5.91 Å². The van der Waals surface area contributed by atoms with Crippen LogP contribution < -0.4 is 5.32 Å². The summed E-state index contributed by atoms with van der Waals surface area (Å²) in [6, 6.07) is 9.68. The highest BCUT2D eigenvalue weighted by molar-refractivity contribution is 14.1. The summed E-state index contributed by atoms with van der Waals surface area (Å²) in [6.07, 6.45) is 0. The van der Waals surface area contributed by atoms with E-state index in [-0.39, 0.29) is 17.1 Å². The van der Waals surface area contributed by atoms with Crippen LogP contribution in [0.4, 0.5) is 5.69 Å². The van der Waals surface area contributed by atoms with E-state index < -0.39 is 5.91 Å². The maximum atomic E-state index is 12.1. The Morgan fingerprint density at radius 1 is 1.16 bits per heavy atom. The van der Waals surface area contributed by atoms with Crippen molar-refractivity contribution in [2.45, 2.75) is 6.92 Å². The van der Waals surface area contributed by atoms with Crippen LogP contribution in [0.2, 0.25) is 0 Å². The van der Waals surface area contributed by atoms with E-state index in [0.717, 1.165) is 3.57 Å². The second-order valence-corrected chi connectivity index (χ2v) is 5.31. The summed E-state index contributed by atoms with van der Waals surface area (Å²) < 4.78 is 0.855. The van der Waals surface area contributed by atoms with E-state index in [1.165, 1.54) is 6.07 Å². The minimum absolute atomic E-state index is 0.0734. The Bertz CT molecular complexity index is 641. The number of carbonyl (C=O) groups is 1. The molecule has 0 bridgehead atoms. The minimum atomic E-state index is -0.412. The van der Waals surface area contributed by atoms with Crippen molar-refractivity contribution in [3.8, 4) is 11.5 Å². The fourth-order valence-corrected chi connectivity index (χ4v) is 2.13. The van der Waals surface area contributed by atoms with Gasteiger partial charge in [-0.05, 0) is 59.8 Å². The summed E-state index contributed by atoms with van der Waals surface area (Å²) in [7, 11) is 0. The summed E-state index contributed by atoms with van der Waals surface area (Å²) in [4.78, 5) is 12.1. The fourth-order valence-electron chi connectivity index (χ4n) is 1.64. The molecule has 0 saturated carbocycles. The first-order valence-corrected chi connectivity index (χ1v) is 6.65. The third kappa shape index (κ3) is 2.98. The quantitative estimate of drug-likeness (QED) is 0.712. The molecule has 0 radical (unpaired) electrons. The van der Waals surface area contributed by atoms with Gasteiger partial charge in [0.05, 0.1) is 5.56 Å². The van der Waals surface area contributed by atoms with Gasteiger partial charge in [0.1, 0.15) is 11.5 Å². The van der Waals surface area contributed by atoms with E-state index in [1.54, 1.807) is 37.3 Å². The van der Waals surface area contributed by atoms with Gasteiger partial charge in [0.2, 0.25) is 0 Å². The molecular formula is C14H12INO3. The Hall–Kier alpha value is -1.76. The second-order valence-electron chi connectivity index (χ2n) is 4.07. The predicted molar refractivity (Wildman–Crippen MR) is 81.6 cm³/mol. The van der Waals surface area contributed by atoms with Crippen LogP contribution in [0.3, 0.4) is 0 Å². The van der Waals surface area contributed by atoms with E-state index in [1.807, 2.05) is 0 Å². The first-order valence-electron chi connectivity index (χ1n) is 5.57. The topological polar surface area (TPSA) is 69.6 Å². The molecule has 3 N–H and O–H groups in total. The third-order valence-corrected chi connectivity index (χ3v) is 3.43. The smallest absolute Gasteiger partial charge is 0.259 e. The zero-order valence-corrected chi connectivity index (χ0v) is 12.3. The lowest BCUT2D eigenvalue weighted by Crippen LogP contribution is -2.13. The first kappa shape index (κ1) is 13.7. The van der Waals surface area contributed by atoms with Crippen LogP contribution >= 0.6 is 22.6 Å². The number of amides is 1. The lowest BCUT2D eigenvalue weighted by molar-refractivity contribution is 0.102. The molecule has 2 aromatic rings. The zero-order chi connectivity index (χ0) is 14.0. The van der Waals surface area contributed by atoms with Crippen molar-refractivity contribution in [3.05, 3.63) is 51.1 Å². The Balaban J connectivity index is 2.31. The molecular weight excluding hydrogens is 357 g/mol. The normalized spacial score (nSPS) is 10.2. The molecule has 19 heavy (non-hydrogen) atoms. The molecule has 98 valence electrons. The Morgan fingerprint density at radius 2 is 1.89 bits per heavy atom. The standard InChI is InChI=1S/C14H12INO3/c1-8-11(3-2-4-12(8)17)16-14(19)10-7-9(15)5-6-13(10)18/h2-7,17-18H,1H3,(H,16,19). The van der Waals surface area contributed by atoms with Crippen molar-refractivity contribution in [1.29, 1.82) is 0 Å². The van der Waals surface area contributed by atoms with Crippen molar-refractivity contribution in [1.82, 2.24) is 0 Å². The number of anilines is 1. The van der Waals surface area contributed by atoms with Crippen LogP contribution in [-0.2, 0) is 0 Å². The molecule has 4 nitrogen and oxygen atoms in total. The van der Waals surface area contributed by atoms with Gasteiger partial charge in [0.15, 0.2) is 0 Å². The van der Waals surface area contributed by atoms with Crippen LogP contribution in [-0.4, -0.2) is 16.1 Å². The van der Waals surface area contributed by atoms with Crippen molar-refractivity contribution in [2.24, 2.45) is 0 Å². The van der Waals surface area contributed by atoms with E-state index >= 15 is 0 Å². The molecule has 0 spiro atoms. The average Bonchev–Trinajstić information content (AvgIpc) is 2.38. The summed E-state index contributed by atoms with van der Waals surface area (Å²) >= 11 is 2.07. The lowest BCUT2D eigenvalue weighted by Gasteiger charge is -2.10. The van der Waals surface area contributed by atoms with Gasteiger partial charge >= 0.3 is 0 Å². The van der Waals surface area contributed by atoms with Crippen LogP contribution in [0.1, 0.15) is 15.9 Å². The maximum Gasteiger partial charge on any atom is 0.259 e. The number of hydrogen-bond donors (Lipinski definition) is 3. The first-order chi connectivity index (χ1) is 8.99. The van der Waals surface area contributed by atoms with Gasteiger partial charge in [-0.15, -0.1) is 0 Å². The van der Waals surface area contributed by atoms with Crippen LogP contribution in [0, 0.1) is 10.5 Å². The number of rotatable bonds is 2. The fraction of sp³-hybridized carbons (Fsp3) is 0.0714. The molecule has 0 unspecified atom stereocenters. The summed E-state index contributed by atoms with van der Waals surface area (Å²) in [6.45, 7) is 1.71. The lowest BCUT2D eigenvalue weighted by atomic mass is 10.1. The minimum Gasteiger partial charge on any atom is -0.508 e. The Kier molecular flexibility index (Phi) is 3.94. The maximum absolute atomic E-state index is 12.1. The van der Waals surface area contributed by atoms with Crippen molar-refractivity contribution < 1.29 is 15.0 Å². The monoisotopic (exact) mass is 369 g/mol. The number of phenolic OH excluding ortho intramolecular Hbond substituents is 2. The molecule has 0 aliphatic rings.